The molecule has 0 aromatic heterocycles. The van der Waals surface area contributed by atoms with Gasteiger partial charge in [-0.1, -0.05) is 40.2 Å². The van der Waals surface area contributed by atoms with E-state index in [-0.39, 0.29) is 0 Å². The Morgan fingerprint density at radius 1 is 1.12 bits per heavy atom. The van der Waals surface area contributed by atoms with Crippen LogP contribution in [0.5, 0.6) is 0 Å². The number of hydrogen-bond acceptors (Lipinski definition) is 3. The van der Waals surface area contributed by atoms with Crippen molar-refractivity contribution in [3.05, 3.63) is 76.0 Å². The van der Waals surface area contributed by atoms with E-state index in [1.54, 1.807) is 18.4 Å². The number of hydrogen-bond donors (Lipinski definition) is 1. The number of halogens is 2. The van der Waals surface area contributed by atoms with Gasteiger partial charge in [-0.25, -0.2) is 17.9 Å². The maximum atomic E-state index is 14.3. The Labute approximate surface area is 148 Å². The SMILES string of the molecule is NS(=O)(=O)c1ccc(C2(c3ccc(Br)cc3)C=CC=NC2)cc1F. The highest BCUT2D eigenvalue weighted by atomic mass is 79.9. The Kier molecular flexibility index (Phi) is 4.42. The van der Waals surface area contributed by atoms with Gasteiger partial charge in [-0.05, 0) is 41.5 Å². The largest absolute Gasteiger partial charge is 0.292 e. The third-order valence-corrected chi connectivity index (χ3v) is 5.50. The summed E-state index contributed by atoms with van der Waals surface area (Å²) in [6.07, 6.45) is 5.43. The minimum absolute atomic E-state index is 0.402. The molecule has 0 bridgehead atoms. The molecule has 0 fully saturated rings. The number of sulfonamides is 1. The molecule has 124 valence electrons. The van der Waals surface area contributed by atoms with Crippen LogP contribution in [0.3, 0.4) is 0 Å². The number of primary sulfonamides is 1. The first-order chi connectivity index (χ1) is 11.3. The third-order valence-electron chi connectivity index (χ3n) is 4.03. The first-order valence-electron chi connectivity index (χ1n) is 7.09. The summed E-state index contributed by atoms with van der Waals surface area (Å²) in [6.45, 7) is 0.402. The van der Waals surface area contributed by atoms with Crippen molar-refractivity contribution in [3.8, 4) is 0 Å². The number of nitrogens with two attached hydrogens (primary N) is 1. The van der Waals surface area contributed by atoms with Gasteiger partial charge >= 0.3 is 0 Å². The minimum atomic E-state index is -4.10. The molecule has 0 amide bonds. The van der Waals surface area contributed by atoms with Gasteiger partial charge in [0.15, 0.2) is 0 Å². The number of benzene rings is 2. The predicted molar refractivity (Wildman–Crippen MR) is 95.2 cm³/mol. The molecular weight excluding hydrogens is 395 g/mol. The maximum absolute atomic E-state index is 14.3. The average Bonchev–Trinajstić information content (AvgIpc) is 2.55. The van der Waals surface area contributed by atoms with E-state index in [0.717, 1.165) is 10.0 Å². The average molecular weight is 409 g/mol. The number of nitrogens with zero attached hydrogens (tertiary/aromatic N) is 1. The van der Waals surface area contributed by atoms with Crippen LogP contribution in [0.25, 0.3) is 0 Å². The molecule has 2 aromatic rings. The van der Waals surface area contributed by atoms with Gasteiger partial charge in [-0.2, -0.15) is 0 Å². The van der Waals surface area contributed by atoms with E-state index < -0.39 is 26.2 Å². The lowest BCUT2D eigenvalue weighted by atomic mass is 9.73. The van der Waals surface area contributed by atoms with E-state index in [1.165, 1.54) is 12.1 Å². The van der Waals surface area contributed by atoms with Crippen molar-refractivity contribution in [3.63, 3.8) is 0 Å². The molecule has 0 saturated heterocycles. The van der Waals surface area contributed by atoms with Gasteiger partial charge < -0.3 is 0 Å². The van der Waals surface area contributed by atoms with Crippen LogP contribution in [0.2, 0.25) is 0 Å². The number of dihydropyridines is 1. The van der Waals surface area contributed by atoms with Crippen molar-refractivity contribution < 1.29 is 12.8 Å². The summed E-state index contributed by atoms with van der Waals surface area (Å²) in [5.41, 5.74) is 0.886. The molecule has 1 unspecified atom stereocenters. The van der Waals surface area contributed by atoms with E-state index in [4.69, 9.17) is 5.14 Å². The summed E-state index contributed by atoms with van der Waals surface area (Å²) in [7, 11) is -4.10. The molecule has 7 heteroatoms. The highest BCUT2D eigenvalue weighted by Crippen LogP contribution is 2.37. The quantitative estimate of drug-likeness (QED) is 0.846. The molecule has 4 nitrogen and oxygen atoms in total. The lowest BCUT2D eigenvalue weighted by molar-refractivity contribution is 0.561. The molecule has 1 heterocycles. The van der Waals surface area contributed by atoms with Gasteiger partial charge in [0.05, 0.1) is 12.0 Å². The molecule has 24 heavy (non-hydrogen) atoms. The Hall–Kier alpha value is -1.83. The molecule has 0 aliphatic carbocycles. The van der Waals surface area contributed by atoms with Gasteiger partial charge in [0.1, 0.15) is 10.7 Å². The normalized spacial score (nSPS) is 20.3. The monoisotopic (exact) mass is 408 g/mol. The van der Waals surface area contributed by atoms with E-state index in [9.17, 15) is 12.8 Å². The Morgan fingerprint density at radius 2 is 1.79 bits per heavy atom. The molecule has 3 rings (SSSR count). The van der Waals surface area contributed by atoms with E-state index in [1.807, 2.05) is 30.3 Å². The molecule has 2 aromatic carbocycles. The van der Waals surface area contributed by atoms with Crippen LogP contribution in [-0.4, -0.2) is 21.2 Å². The number of allylic oxidation sites excluding steroid dienone is 1. The Bertz CT molecular complexity index is 940. The van der Waals surface area contributed by atoms with Gasteiger partial charge in [0, 0.05) is 10.7 Å². The maximum Gasteiger partial charge on any atom is 0.240 e. The van der Waals surface area contributed by atoms with Crippen molar-refractivity contribution in [2.24, 2.45) is 10.1 Å². The molecule has 0 saturated carbocycles. The van der Waals surface area contributed by atoms with Crippen molar-refractivity contribution >= 4 is 32.2 Å². The van der Waals surface area contributed by atoms with E-state index in [0.29, 0.717) is 12.1 Å². The molecule has 2 N–H and O–H groups in total. The summed E-state index contributed by atoms with van der Waals surface area (Å²) in [5.74, 6) is -0.866. The zero-order valence-electron chi connectivity index (χ0n) is 12.5. The van der Waals surface area contributed by atoms with Crippen LogP contribution in [0, 0.1) is 5.82 Å². The van der Waals surface area contributed by atoms with Gasteiger partial charge in [-0.3, -0.25) is 4.99 Å². The van der Waals surface area contributed by atoms with Gasteiger partial charge in [0.2, 0.25) is 10.0 Å². The third kappa shape index (κ3) is 3.07. The van der Waals surface area contributed by atoms with Crippen LogP contribution < -0.4 is 5.14 Å². The van der Waals surface area contributed by atoms with Crippen molar-refractivity contribution in [1.29, 1.82) is 0 Å². The highest BCUT2D eigenvalue weighted by Gasteiger charge is 2.33. The fourth-order valence-electron chi connectivity index (χ4n) is 2.82. The van der Waals surface area contributed by atoms with E-state index >= 15 is 0 Å². The molecule has 0 radical (unpaired) electrons. The topological polar surface area (TPSA) is 72.5 Å². The van der Waals surface area contributed by atoms with Crippen molar-refractivity contribution in [2.75, 3.05) is 6.54 Å². The number of aliphatic imine (C=N–C) groups is 1. The van der Waals surface area contributed by atoms with Crippen molar-refractivity contribution in [1.82, 2.24) is 0 Å². The molecule has 0 spiro atoms. The second-order valence-electron chi connectivity index (χ2n) is 5.52. The second kappa shape index (κ2) is 6.23. The summed E-state index contributed by atoms with van der Waals surface area (Å²) in [4.78, 5) is 3.80. The van der Waals surface area contributed by atoms with Gasteiger partial charge in [-0.15, -0.1) is 0 Å². The first-order valence-corrected chi connectivity index (χ1v) is 9.43. The molecule has 1 aliphatic heterocycles. The minimum Gasteiger partial charge on any atom is -0.292 e. The fraction of sp³-hybridized carbons (Fsp3) is 0.118. The predicted octanol–water partition coefficient (Wildman–Crippen LogP) is 3.16. The summed E-state index contributed by atoms with van der Waals surface area (Å²) >= 11 is 3.40. The molecular formula is C17H14BrFN2O2S. The Morgan fingerprint density at radius 3 is 2.33 bits per heavy atom. The summed E-state index contributed by atoms with van der Waals surface area (Å²) in [6, 6.07) is 11.7. The summed E-state index contributed by atoms with van der Waals surface area (Å²) < 4.78 is 38.1. The van der Waals surface area contributed by atoms with Crippen LogP contribution in [0.15, 0.2) is 69.0 Å². The standard InChI is InChI=1S/C17H14BrFN2O2S/c18-14-5-2-12(3-6-14)17(8-1-9-21-11-17)13-4-7-16(15(19)10-13)24(20,22)23/h1-10H,11H2,(H2,20,22,23). The zero-order valence-corrected chi connectivity index (χ0v) is 14.9. The summed E-state index contributed by atoms with van der Waals surface area (Å²) in [5, 5.41) is 5.04. The lowest BCUT2D eigenvalue weighted by Crippen LogP contribution is -2.31. The Balaban J connectivity index is 2.18. The van der Waals surface area contributed by atoms with Crippen LogP contribution in [0.1, 0.15) is 11.1 Å². The second-order valence-corrected chi connectivity index (χ2v) is 7.96. The van der Waals surface area contributed by atoms with Crippen LogP contribution in [0.4, 0.5) is 4.39 Å². The smallest absolute Gasteiger partial charge is 0.240 e. The zero-order chi connectivity index (χ0) is 17.4. The number of rotatable bonds is 3. The van der Waals surface area contributed by atoms with Crippen LogP contribution >= 0.6 is 15.9 Å². The fourth-order valence-corrected chi connectivity index (χ4v) is 3.67. The first kappa shape index (κ1) is 17.0. The van der Waals surface area contributed by atoms with Crippen molar-refractivity contribution in [2.45, 2.75) is 10.3 Å². The highest BCUT2D eigenvalue weighted by molar-refractivity contribution is 9.10. The molecule has 1 atom stereocenters. The van der Waals surface area contributed by atoms with Gasteiger partial charge in [0.25, 0.3) is 0 Å². The molecule has 1 aliphatic rings. The lowest BCUT2D eigenvalue weighted by Gasteiger charge is -2.32. The van der Waals surface area contributed by atoms with E-state index in [2.05, 4.69) is 20.9 Å². The van der Waals surface area contributed by atoms with Crippen LogP contribution in [-0.2, 0) is 15.4 Å².